The molecule has 10 heteroatoms. The van der Waals surface area contributed by atoms with Crippen LogP contribution < -0.4 is 4.90 Å². The lowest BCUT2D eigenvalue weighted by Gasteiger charge is -2.36. The van der Waals surface area contributed by atoms with Crippen LogP contribution in [0.1, 0.15) is 5.56 Å². The van der Waals surface area contributed by atoms with Gasteiger partial charge in [-0.2, -0.15) is 13.2 Å². The van der Waals surface area contributed by atoms with Crippen molar-refractivity contribution < 1.29 is 22.4 Å². The molecule has 2 aromatic carbocycles. The number of anilines is 1. The van der Waals surface area contributed by atoms with Crippen molar-refractivity contribution in [1.29, 1.82) is 0 Å². The molecule has 0 atom stereocenters. The number of amides is 1. The summed E-state index contributed by atoms with van der Waals surface area (Å²) in [4.78, 5) is 16.1. The quantitative estimate of drug-likeness (QED) is 0.393. The summed E-state index contributed by atoms with van der Waals surface area (Å²) in [5, 5.41) is 8.85. The molecule has 0 radical (unpaired) electrons. The van der Waals surface area contributed by atoms with Crippen LogP contribution in [-0.4, -0.2) is 52.9 Å². The molecule has 1 aliphatic rings. The molecule has 172 valence electrons. The van der Waals surface area contributed by atoms with E-state index in [2.05, 4.69) is 10.2 Å². The third-order valence-corrected chi connectivity index (χ3v) is 6.20. The maximum atomic E-state index is 13.0. The molecule has 5 nitrogen and oxygen atoms in total. The van der Waals surface area contributed by atoms with Gasteiger partial charge < -0.3 is 9.80 Å². The molecule has 4 rings (SSSR count). The summed E-state index contributed by atoms with van der Waals surface area (Å²) in [6.07, 6.45) is -4.38. The lowest BCUT2D eigenvalue weighted by molar-refractivity contribution is -0.137. The first kappa shape index (κ1) is 23.0. The molecule has 0 spiro atoms. The zero-order chi connectivity index (χ0) is 23.4. The van der Waals surface area contributed by atoms with Crippen molar-refractivity contribution in [3.05, 3.63) is 72.0 Å². The van der Waals surface area contributed by atoms with E-state index >= 15 is 0 Å². The van der Waals surface area contributed by atoms with E-state index in [9.17, 15) is 22.4 Å². The number of carbonyl (C=O) groups excluding carboxylic acids is 1. The second-order valence-corrected chi connectivity index (χ2v) is 8.46. The highest BCUT2D eigenvalue weighted by molar-refractivity contribution is 7.99. The van der Waals surface area contributed by atoms with E-state index in [-0.39, 0.29) is 17.5 Å². The number of alkyl halides is 3. The van der Waals surface area contributed by atoms with Crippen LogP contribution in [-0.2, 0) is 11.0 Å². The minimum absolute atomic E-state index is 0.0619. The highest BCUT2D eigenvalue weighted by Gasteiger charge is 2.31. The maximum absolute atomic E-state index is 13.0. The smallest absolute Gasteiger partial charge is 0.368 e. The van der Waals surface area contributed by atoms with Gasteiger partial charge >= 0.3 is 6.18 Å². The van der Waals surface area contributed by atoms with Crippen molar-refractivity contribution in [1.82, 2.24) is 15.1 Å². The molecule has 2 heterocycles. The van der Waals surface area contributed by atoms with Crippen LogP contribution in [0.15, 0.2) is 65.7 Å². The molecule has 1 amide bonds. The van der Waals surface area contributed by atoms with Gasteiger partial charge in [-0.1, -0.05) is 17.8 Å². The highest BCUT2D eigenvalue weighted by atomic mass is 32.2. The SMILES string of the molecule is O=C(CSc1ccc(-c2ccc(F)cc2)nn1)N1CCN(c2cccc(C(F)(F)F)c2)CC1. The first-order valence-electron chi connectivity index (χ1n) is 10.2. The fourth-order valence-corrected chi connectivity index (χ4v) is 4.21. The van der Waals surface area contributed by atoms with Gasteiger partial charge in [-0.05, 0) is 54.6 Å². The van der Waals surface area contributed by atoms with Gasteiger partial charge in [-0.25, -0.2) is 4.39 Å². The monoisotopic (exact) mass is 476 g/mol. The Balaban J connectivity index is 1.28. The molecule has 1 aromatic heterocycles. The molecule has 0 bridgehead atoms. The Morgan fingerprint density at radius 3 is 2.30 bits per heavy atom. The van der Waals surface area contributed by atoms with Crippen LogP contribution in [0.2, 0.25) is 0 Å². The third-order valence-electron chi connectivity index (χ3n) is 5.29. The Morgan fingerprint density at radius 1 is 0.939 bits per heavy atom. The van der Waals surface area contributed by atoms with Gasteiger partial charge in [-0.3, -0.25) is 4.79 Å². The fourth-order valence-electron chi connectivity index (χ4n) is 3.49. The van der Waals surface area contributed by atoms with Gasteiger partial charge in [0.1, 0.15) is 10.8 Å². The molecule has 0 unspecified atom stereocenters. The number of halogens is 4. The molecular weight excluding hydrogens is 456 g/mol. The summed E-state index contributed by atoms with van der Waals surface area (Å²) in [7, 11) is 0. The number of hydrogen-bond donors (Lipinski definition) is 0. The van der Waals surface area contributed by atoms with Crippen LogP contribution in [0.3, 0.4) is 0 Å². The first-order chi connectivity index (χ1) is 15.8. The molecule has 0 aliphatic carbocycles. The standard InChI is InChI=1S/C23H20F4N4OS/c24-18-6-4-16(5-7-18)20-8-9-21(29-28-20)33-15-22(32)31-12-10-30(11-13-31)19-3-1-2-17(14-19)23(25,26)27/h1-9,14H,10-13,15H2. The van der Waals surface area contributed by atoms with E-state index in [0.29, 0.717) is 42.6 Å². The zero-order valence-corrected chi connectivity index (χ0v) is 18.2. The number of thioether (sulfide) groups is 1. The summed E-state index contributed by atoms with van der Waals surface area (Å²) in [6.45, 7) is 1.80. The van der Waals surface area contributed by atoms with Crippen molar-refractivity contribution in [2.75, 3.05) is 36.8 Å². The minimum Gasteiger partial charge on any atom is -0.368 e. The number of piperazine rings is 1. The number of hydrogen-bond acceptors (Lipinski definition) is 5. The Hall–Kier alpha value is -3.14. The number of rotatable bonds is 5. The van der Waals surface area contributed by atoms with Crippen molar-refractivity contribution in [2.24, 2.45) is 0 Å². The van der Waals surface area contributed by atoms with Crippen molar-refractivity contribution >= 4 is 23.4 Å². The van der Waals surface area contributed by atoms with Gasteiger partial charge in [-0.15, -0.1) is 10.2 Å². The van der Waals surface area contributed by atoms with Gasteiger partial charge in [0.15, 0.2) is 0 Å². The van der Waals surface area contributed by atoms with Crippen LogP contribution in [0.4, 0.5) is 23.2 Å². The van der Waals surface area contributed by atoms with Crippen LogP contribution in [0.25, 0.3) is 11.3 Å². The predicted octanol–water partition coefficient (Wildman–Crippen LogP) is 4.74. The third kappa shape index (κ3) is 5.81. The Bertz CT molecular complexity index is 1100. The summed E-state index contributed by atoms with van der Waals surface area (Å²) in [5.41, 5.74) is 1.18. The van der Waals surface area contributed by atoms with Crippen molar-refractivity contribution in [3.8, 4) is 11.3 Å². The summed E-state index contributed by atoms with van der Waals surface area (Å²) in [5.74, 6) is -0.199. The molecule has 1 fully saturated rings. The Morgan fingerprint density at radius 2 is 1.67 bits per heavy atom. The number of carbonyl (C=O) groups is 1. The molecule has 33 heavy (non-hydrogen) atoms. The van der Waals surface area contributed by atoms with Gasteiger partial charge in [0.2, 0.25) is 5.91 Å². The Kier molecular flexibility index (Phi) is 6.83. The number of aromatic nitrogens is 2. The first-order valence-corrected chi connectivity index (χ1v) is 11.2. The summed E-state index contributed by atoms with van der Waals surface area (Å²) < 4.78 is 51.9. The molecule has 0 N–H and O–H groups in total. The van der Waals surface area contributed by atoms with Crippen LogP contribution in [0, 0.1) is 5.82 Å². The molecular formula is C23H20F4N4OS. The average molecular weight is 476 g/mol. The topological polar surface area (TPSA) is 49.3 Å². The van der Waals surface area contributed by atoms with Gasteiger partial charge in [0.05, 0.1) is 17.0 Å². The molecule has 1 aliphatic heterocycles. The molecule has 3 aromatic rings. The zero-order valence-electron chi connectivity index (χ0n) is 17.4. The Labute approximate surface area is 192 Å². The van der Waals surface area contributed by atoms with Crippen LogP contribution >= 0.6 is 11.8 Å². The van der Waals surface area contributed by atoms with Crippen LogP contribution in [0.5, 0.6) is 0 Å². The van der Waals surface area contributed by atoms with Crippen molar-refractivity contribution in [2.45, 2.75) is 11.2 Å². The highest BCUT2D eigenvalue weighted by Crippen LogP contribution is 2.32. The van der Waals surface area contributed by atoms with Gasteiger partial charge in [0.25, 0.3) is 0 Å². The lowest BCUT2D eigenvalue weighted by atomic mass is 10.1. The fraction of sp³-hybridized carbons (Fsp3) is 0.261. The second kappa shape index (κ2) is 9.78. The van der Waals surface area contributed by atoms with E-state index in [0.717, 1.165) is 17.7 Å². The van der Waals surface area contributed by atoms with Gasteiger partial charge in [0, 0.05) is 37.4 Å². The van der Waals surface area contributed by atoms with E-state index in [1.165, 1.54) is 30.0 Å². The average Bonchev–Trinajstić information content (AvgIpc) is 2.83. The summed E-state index contributed by atoms with van der Waals surface area (Å²) >= 11 is 1.27. The predicted molar refractivity (Wildman–Crippen MR) is 118 cm³/mol. The molecule has 0 saturated carbocycles. The molecule has 1 saturated heterocycles. The van der Waals surface area contributed by atoms with E-state index < -0.39 is 11.7 Å². The summed E-state index contributed by atoms with van der Waals surface area (Å²) in [6, 6.07) is 14.7. The normalized spacial score (nSPS) is 14.4. The largest absolute Gasteiger partial charge is 0.416 e. The van der Waals surface area contributed by atoms with Crippen molar-refractivity contribution in [3.63, 3.8) is 0 Å². The second-order valence-electron chi connectivity index (χ2n) is 7.47. The number of nitrogens with zero attached hydrogens (tertiary/aromatic N) is 4. The van der Waals surface area contributed by atoms with E-state index in [1.807, 2.05) is 4.90 Å². The lowest BCUT2D eigenvalue weighted by Crippen LogP contribution is -2.49. The van der Waals surface area contributed by atoms with E-state index in [1.54, 1.807) is 35.2 Å². The number of benzene rings is 2. The minimum atomic E-state index is -4.38. The maximum Gasteiger partial charge on any atom is 0.416 e. The van der Waals surface area contributed by atoms with E-state index in [4.69, 9.17) is 0 Å².